The highest BCUT2D eigenvalue weighted by Gasteiger charge is 2.32. The molecule has 0 radical (unpaired) electrons. The Morgan fingerprint density at radius 2 is 2.25 bits per heavy atom. The number of methoxy groups -OCH3 is 1. The SMILES string of the molecule is COc1cccc(N)c1C(=O)OCC1CCC(C)(C)O1. The molecule has 1 unspecified atom stereocenters. The van der Waals surface area contributed by atoms with Gasteiger partial charge in [-0.05, 0) is 38.8 Å². The lowest BCUT2D eigenvalue weighted by Crippen LogP contribution is -2.24. The number of benzene rings is 1. The van der Waals surface area contributed by atoms with Crippen LogP contribution in [0.2, 0.25) is 0 Å². The van der Waals surface area contributed by atoms with E-state index in [1.807, 2.05) is 13.8 Å². The summed E-state index contributed by atoms with van der Waals surface area (Å²) in [5, 5.41) is 0. The molecule has 1 aromatic carbocycles. The van der Waals surface area contributed by atoms with Gasteiger partial charge in [0.15, 0.2) is 0 Å². The highest BCUT2D eigenvalue weighted by Crippen LogP contribution is 2.30. The summed E-state index contributed by atoms with van der Waals surface area (Å²) in [4.78, 5) is 12.1. The third kappa shape index (κ3) is 3.22. The molecule has 5 nitrogen and oxygen atoms in total. The number of esters is 1. The number of carbonyl (C=O) groups excluding carboxylic acids is 1. The van der Waals surface area contributed by atoms with Crippen LogP contribution in [-0.4, -0.2) is 31.4 Å². The van der Waals surface area contributed by atoms with Gasteiger partial charge in [-0.25, -0.2) is 4.79 Å². The number of nitrogen functional groups attached to an aromatic ring is 1. The lowest BCUT2D eigenvalue weighted by Gasteiger charge is -2.19. The fourth-order valence-electron chi connectivity index (χ4n) is 2.37. The highest BCUT2D eigenvalue weighted by molar-refractivity contribution is 5.98. The summed E-state index contributed by atoms with van der Waals surface area (Å²) in [7, 11) is 1.49. The van der Waals surface area contributed by atoms with Gasteiger partial charge in [0.1, 0.15) is 17.9 Å². The number of hydrogen-bond acceptors (Lipinski definition) is 5. The molecule has 0 amide bonds. The molecule has 1 saturated heterocycles. The fraction of sp³-hybridized carbons (Fsp3) is 0.533. The van der Waals surface area contributed by atoms with Crippen molar-refractivity contribution < 1.29 is 19.0 Å². The average Bonchev–Trinajstić information content (AvgIpc) is 2.75. The molecule has 110 valence electrons. The van der Waals surface area contributed by atoms with Crippen molar-refractivity contribution in [3.8, 4) is 5.75 Å². The summed E-state index contributed by atoms with van der Waals surface area (Å²) in [6.07, 6.45) is 1.80. The van der Waals surface area contributed by atoms with Crippen molar-refractivity contribution in [2.24, 2.45) is 0 Å². The second-order valence-electron chi connectivity index (χ2n) is 5.56. The van der Waals surface area contributed by atoms with Crippen LogP contribution in [0.3, 0.4) is 0 Å². The van der Waals surface area contributed by atoms with E-state index in [0.717, 1.165) is 12.8 Å². The standard InChI is InChI=1S/C15H21NO4/c1-15(2)8-7-10(20-15)9-19-14(17)13-11(16)5-4-6-12(13)18-3/h4-6,10H,7-9,16H2,1-3H3. The molecule has 5 heteroatoms. The van der Waals surface area contributed by atoms with Crippen LogP contribution in [0.25, 0.3) is 0 Å². The molecule has 2 N–H and O–H groups in total. The van der Waals surface area contributed by atoms with Crippen molar-refractivity contribution in [2.45, 2.75) is 38.4 Å². The van der Waals surface area contributed by atoms with Crippen LogP contribution in [0, 0.1) is 0 Å². The first-order valence-corrected chi connectivity index (χ1v) is 6.70. The number of nitrogens with two attached hydrogens (primary N) is 1. The smallest absolute Gasteiger partial charge is 0.344 e. The highest BCUT2D eigenvalue weighted by atomic mass is 16.6. The fourth-order valence-corrected chi connectivity index (χ4v) is 2.37. The first-order valence-electron chi connectivity index (χ1n) is 6.70. The first kappa shape index (κ1) is 14.7. The summed E-state index contributed by atoms with van der Waals surface area (Å²) in [6.45, 7) is 4.31. The van der Waals surface area contributed by atoms with E-state index in [4.69, 9.17) is 19.9 Å². The normalized spacial score (nSPS) is 20.6. The predicted octanol–water partition coefficient (Wildman–Crippen LogP) is 2.39. The van der Waals surface area contributed by atoms with Crippen molar-refractivity contribution in [2.75, 3.05) is 19.5 Å². The van der Waals surface area contributed by atoms with Crippen molar-refractivity contribution in [3.05, 3.63) is 23.8 Å². The summed E-state index contributed by atoms with van der Waals surface area (Å²) in [6, 6.07) is 5.06. The van der Waals surface area contributed by atoms with Crippen LogP contribution >= 0.6 is 0 Å². The van der Waals surface area contributed by atoms with Gasteiger partial charge >= 0.3 is 5.97 Å². The molecule has 0 aromatic heterocycles. The van der Waals surface area contributed by atoms with Gasteiger partial charge in [0.2, 0.25) is 0 Å². The maximum absolute atomic E-state index is 12.1. The number of anilines is 1. The lowest BCUT2D eigenvalue weighted by atomic mass is 10.1. The Hall–Kier alpha value is -1.75. The van der Waals surface area contributed by atoms with Crippen LogP contribution < -0.4 is 10.5 Å². The Morgan fingerprint density at radius 3 is 2.85 bits per heavy atom. The number of rotatable bonds is 4. The molecule has 0 bridgehead atoms. The largest absolute Gasteiger partial charge is 0.496 e. The van der Waals surface area contributed by atoms with E-state index in [-0.39, 0.29) is 23.9 Å². The molecular formula is C15H21NO4. The van der Waals surface area contributed by atoms with E-state index in [9.17, 15) is 4.79 Å². The molecule has 1 aliphatic rings. The minimum Gasteiger partial charge on any atom is -0.496 e. The molecule has 0 saturated carbocycles. The van der Waals surface area contributed by atoms with E-state index in [0.29, 0.717) is 11.4 Å². The van der Waals surface area contributed by atoms with Crippen molar-refractivity contribution in [1.29, 1.82) is 0 Å². The van der Waals surface area contributed by atoms with Crippen LogP contribution in [0.15, 0.2) is 18.2 Å². The zero-order valence-corrected chi connectivity index (χ0v) is 12.1. The zero-order chi connectivity index (χ0) is 14.8. The quantitative estimate of drug-likeness (QED) is 0.677. The van der Waals surface area contributed by atoms with Gasteiger partial charge in [-0.3, -0.25) is 0 Å². The minimum absolute atomic E-state index is 0.0510. The van der Waals surface area contributed by atoms with E-state index in [1.54, 1.807) is 18.2 Å². The second kappa shape index (κ2) is 5.71. The number of ether oxygens (including phenoxy) is 3. The maximum atomic E-state index is 12.1. The van der Waals surface area contributed by atoms with Crippen LogP contribution in [0.1, 0.15) is 37.0 Å². The molecule has 0 spiro atoms. The number of carbonyl (C=O) groups is 1. The molecule has 1 atom stereocenters. The molecule has 1 aromatic rings. The predicted molar refractivity (Wildman–Crippen MR) is 75.9 cm³/mol. The summed E-state index contributed by atoms with van der Waals surface area (Å²) in [5.74, 6) is -0.0593. The van der Waals surface area contributed by atoms with Gasteiger partial charge in [0.05, 0.1) is 18.8 Å². The summed E-state index contributed by atoms with van der Waals surface area (Å²) in [5.41, 5.74) is 6.29. The molecule has 1 aliphatic heterocycles. The van der Waals surface area contributed by atoms with Crippen molar-refractivity contribution in [1.82, 2.24) is 0 Å². The van der Waals surface area contributed by atoms with Gasteiger partial charge in [-0.1, -0.05) is 6.07 Å². The van der Waals surface area contributed by atoms with Crippen LogP contribution in [0.4, 0.5) is 5.69 Å². The Balaban J connectivity index is 1.99. The third-order valence-electron chi connectivity index (χ3n) is 3.44. The zero-order valence-electron chi connectivity index (χ0n) is 12.1. The molecule has 2 rings (SSSR count). The maximum Gasteiger partial charge on any atom is 0.344 e. The number of hydrogen-bond donors (Lipinski definition) is 1. The van der Waals surface area contributed by atoms with Crippen LogP contribution in [-0.2, 0) is 9.47 Å². The molecule has 1 heterocycles. The van der Waals surface area contributed by atoms with Gasteiger partial charge in [0, 0.05) is 5.69 Å². The molecule has 0 aliphatic carbocycles. The summed E-state index contributed by atoms with van der Waals surface area (Å²) >= 11 is 0. The third-order valence-corrected chi connectivity index (χ3v) is 3.44. The van der Waals surface area contributed by atoms with E-state index in [2.05, 4.69) is 0 Å². The molecular weight excluding hydrogens is 258 g/mol. The first-order chi connectivity index (χ1) is 9.43. The monoisotopic (exact) mass is 279 g/mol. The molecule has 20 heavy (non-hydrogen) atoms. The van der Waals surface area contributed by atoms with Crippen LogP contribution in [0.5, 0.6) is 5.75 Å². The second-order valence-corrected chi connectivity index (χ2v) is 5.56. The van der Waals surface area contributed by atoms with Gasteiger partial charge in [-0.2, -0.15) is 0 Å². The Bertz CT molecular complexity index is 499. The minimum atomic E-state index is -0.478. The Morgan fingerprint density at radius 1 is 1.50 bits per heavy atom. The molecule has 1 fully saturated rings. The van der Waals surface area contributed by atoms with Crippen molar-refractivity contribution >= 4 is 11.7 Å². The summed E-state index contributed by atoms with van der Waals surface area (Å²) < 4.78 is 16.2. The van der Waals surface area contributed by atoms with Gasteiger partial charge in [0.25, 0.3) is 0 Å². The van der Waals surface area contributed by atoms with Crippen molar-refractivity contribution in [3.63, 3.8) is 0 Å². The topological polar surface area (TPSA) is 70.8 Å². The van der Waals surface area contributed by atoms with E-state index < -0.39 is 5.97 Å². The average molecular weight is 279 g/mol. The van der Waals surface area contributed by atoms with E-state index >= 15 is 0 Å². The lowest BCUT2D eigenvalue weighted by molar-refractivity contribution is -0.0445. The van der Waals surface area contributed by atoms with E-state index in [1.165, 1.54) is 7.11 Å². The Kier molecular flexibility index (Phi) is 4.18. The Labute approximate surface area is 119 Å². The van der Waals surface area contributed by atoms with Gasteiger partial charge < -0.3 is 19.9 Å². The van der Waals surface area contributed by atoms with Gasteiger partial charge in [-0.15, -0.1) is 0 Å².